The molecule has 0 radical (unpaired) electrons. The first-order valence-corrected chi connectivity index (χ1v) is 7.38. The van der Waals surface area contributed by atoms with Crippen LogP contribution < -0.4 is 10.1 Å². The van der Waals surface area contributed by atoms with Gasteiger partial charge in [-0.3, -0.25) is 9.78 Å². The zero-order valence-corrected chi connectivity index (χ0v) is 12.8. The van der Waals surface area contributed by atoms with Crippen LogP contribution in [-0.2, 0) is 11.2 Å². The van der Waals surface area contributed by atoms with E-state index in [2.05, 4.69) is 15.3 Å². The highest BCUT2D eigenvalue weighted by atomic mass is 16.5. The van der Waals surface area contributed by atoms with Gasteiger partial charge in [0.2, 0.25) is 0 Å². The fraction of sp³-hybridized carbons (Fsp3) is 0.167. The van der Waals surface area contributed by atoms with Crippen LogP contribution in [0.2, 0.25) is 0 Å². The predicted molar refractivity (Wildman–Crippen MR) is 89.1 cm³/mol. The first kappa shape index (κ1) is 15.0. The van der Waals surface area contributed by atoms with Crippen LogP contribution in [0.4, 0.5) is 0 Å². The van der Waals surface area contributed by atoms with Crippen LogP contribution in [0.15, 0.2) is 59.5 Å². The molecular formula is C18H17N3O2. The molecule has 116 valence electrons. The molecule has 23 heavy (non-hydrogen) atoms. The number of methoxy groups -OCH3 is 1. The molecule has 3 rings (SSSR count). The number of hydrogen-bond donors (Lipinski definition) is 1. The maximum atomic E-state index is 12.0. The molecule has 0 saturated carbocycles. The Labute approximate surface area is 134 Å². The van der Waals surface area contributed by atoms with Gasteiger partial charge in [0, 0.05) is 18.8 Å². The second kappa shape index (κ2) is 6.87. The zero-order chi connectivity index (χ0) is 16.1. The first-order valence-electron chi connectivity index (χ1n) is 7.38. The van der Waals surface area contributed by atoms with Crippen molar-refractivity contribution in [1.82, 2.24) is 10.3 Å². The van der Waals surface area contributed by atoms with Crippen LogP contribution in [0.25, 0.3) is 6.08 Å². The summed E-state index contributed by atoms with van der Waals surface area (Å²) in [6, 6.07) is 11.6. The molecule has 5 nitrogen and oxygen atoms in total. The van der Waals surface area contributed by atoms with Crippen molar-refractivity contribution in [1.29, 1.82) is 0 Å². The number of aromatic nitrogens is 1. The lowest BCUT2D eigenvalue weighted by Crippen LogP contribution is -2.24. The second-order valence-electron chi connectivity index (χ2n) is 5.17. The van der Waals surface area contributed by atoms with E-state index in [0.717, 1.165) is 17.7 Å². The van der Waals surface area contributed by atoms with Gasteiger partial charge in [-0.25, -0.2) is 4.99 Å². The number of pyridine rings is 1. The van der Waals surface area contributed by atoms with Gasteiger partial charge >= 0.3 is 0 Å². The highest BCUT2D eigenvalue weighted by Crippen LogP contribution is 2.15. The van der Waals surface area contributed by atoms with Crippen LogP contribution >= 0.6 is 0 Å². The molecule has 0 fully saturated rings. The fourth-order valence-electron chi connectivity index (χ4n) is 2.31. The molecule has 1 aromatic heterocycles. The van der Waals surface area contributed by atoms with Crippen molar-refractivity contribution in [2.24, 2.45) is 4.99 Å². The normalized spacial score (nSPS) is 15.4. The Morgan fingerprint density at radius 2 is 1.83 bits per heavy atom. The van der Waals surface area contributed by atoms with Crippen LogP contribution in [-0.4, -0.2) is 23.8 Å². The number of carbonyl (C=O) groups is 1. The number of carbonyl (C=O) groups excluding carboxylic acids is 1. The lowest BCUT2D eigenvalue weighted by Gasteiger charge is -2.03. The van der Waals surface area contributed by atoms with E-state index in [9.17, 15) is 4.79 Å². The third-order valence-electron chi connectivity index (χ3n) is 3.56. The van der Waals surface area contributed by atoms with E-state index in [4.69, 9.17) is 4.74 Å². The van der Waals surface area contributed by atoms with Crippen molar-refractivity contribution < 1.29 is 9.53 Å². The van der Waals surface area contributed by atoms with Crippen LogP contribution in [0.3, 0.4) is 0 Å². The maximum absolute atomic E-state index is 12.0. The topological polar surface area (TPSA) is 63.6 Å². The summed E-state index contributed by atoms with van der Waals surface area (Å²) in [6.07, 6.45) is 6.63. The van der Waals surface area contributed by atoms with Crippen molar-refractivity contribution >= 4 is 17.8 Å². The largest absolute Gasteiger partial charge is 0.497 e. The SMILES string of the molecule is COc1ccc(CCC2=N/C(=C/c3ccncc3)C(=O)N2)cc1. The Balaban J connectivity index is 1.65. The highest BCUT2D eigenvalue weighted by Gasteiger charge is 2.19. The van der Waals surface area contributed by atoms with Gasteiger partial charge in [0.15, 0.2) is 0 Å². The van der Waals surface area contributed by atoms with E-state index < -0.39 is 0 Å². The van der Waals surface area contributed by atoms with E-state index in [1.807, 2.05) is 36.4 Å². The molecule has 2 heterocycles. The van der Waals surface area contributed by atoms with Gasteiger partial charge in [0.05, 0.1) is 7.11 Å². The summed E-state index contributed by atoms with van der Waals surface area (Å²) in [6.45, 7) is 0. The summed E-state index contributed by atoms with van der Waals surface area (Å²) in [7, 11) is 1.65. The number of benzene rings is 1. The summed E-state index contributed by atoms with van der Waals surface area (Å²) in [5.41, 5.74) is 2.51. The second-order valence-corrected chi connectivity index (χ2v) is 5.17. The number of nitrogens with one attached hydrogen (secondary N) is 1. The molecule has 1 aliphatic heterocycles. The van der Waals surface area contributed by atoms with Crippen LogP contribution in [0, 0.1) is 0 Å². The molecule has 5 heteroatoms. The minimum absolute atomic E-state index is 0.161. The molecule has 0 aliphatic carbocycles. The Kier molecular flexibility index (Phi) is 4.47. The number of nitrogens with zero attached hydrogens (tertiary/aromatic N) is 2. The van der Waals surface area contributed by atoms with Gasteiger partial charge in [0.1, 0.15) is 17.3 Å². The number of aliphatic imine (C=N–C) groups is 1. The van der Waals surface area contributed by atoms with Crippen molar-refractivity contribution in [2.75, 3.05) is 7.11 Å². The van der Waals surface area contributed by atoms with Gasteiger partial charge in [-0.15, -0.1) is 0 Å². The molecule has 2 aromatic rings. The lowest BCUT2D eigenvalue weighted by molar-refractivity contribution is -0.115. The highest BCUT2D eigenvalue weighted by molar-refractivity contribution is 6.14. The molecule has 0 saturated heterocycles. The number of hydrogen-bond acceptors (Lipinski definition) is 4. The smallest absolute Gasteiger partial charge is 0.275 e. The molecule has 0 spiro atoms. The molecule has 1 amide bonds. The van der Waals surface area contributed by atoms with Crippen molar-refractivity contribution in [3.05, 3.63) is 65.6 Å². The average molecular weight is 307 g/mol. The Morgan fingerprint density at radius 3 is 2.52 bits per heavy atom. The Hall–Kier alpha value is -2.95. The van der Waals surface area contributed by atoms with Gasteiger partial charge < -0.3 is 10.1 Å². The van der Waals surface area contributed by atoms with Gasteiger partial charge in [-0.05, 0) is 47.9 Å². The molecule has 1 N–H and O–H groups in total. The predicted octanol–water partition coefficient (Wildman–Crippen LogP) is 2.59. The lowest BCUT2D eigenvalue weighted by atomic mass is 10.1. The van der Waals surface area contributed by atoms with Crippen LogP contribution in [0.5, 0.6) is 5.75 Å². The van der Waals surface area contributed by atoms with Crippen molar-refractivity contribution in [3.63, 3.8) is 0 Å². The molecule has 0 bridgehead atoms. The number of rotatable bonds is 5. The van der Waals surface area contributed by atoms with E-state index in [-0.39, 0.29) is 5.91 Å². The van der Waals surface area contributed by atoms with E-state index >= 15 is 0 Å². The first-order chi connectivity index (χ1) is 11.2. The number of ether oxygens (including phenoxy) is 1. The molecule has 0 unspecified atom stereocenters. The summed E-state index contributed by atoms with van der Waals surface area (Å²) < 4.78 is 5.14. The number of aryl methyl sites for hydroxylation is 1. The third kappa shape index (κ3) is 3.83. The summed E-state index contributed by atoms with van der Waals surface area (Å²) in [4.78, 5) is 20.3. The molecular weight excluding hydrogens is 290 g/mol. The average Bonchev–Trinajstić information content (AvgIpc) is 2.94. The van der Waals surface area contributed by atoms with E-state index in [1.165, 1.54) is 5.56 Å². The standard InChI is InChI=1S/C18H17N3O2/c1-23-15-5-2-13(3-6-15)4-7-17-20-16(18(22)21-17)12-14-8-10-19-11-9-14/h2-3,5-6,8-12H,4,7H2,1H3,(H,20,21,22)/b16-12+. The monoisotopic (exact) mass is 307 g/mol. The number of amidine groups is 1. The summed E-state index contributed by atoms with van der Waals surface area (Å²) in [5.74, 6) is 1.38. The maximum Gasteiger partial charge on any atom is 0.275 e. The Morgan fingerprint density at radius 1 is 1.09 bits per heavy atom. The zero-order valence-electron chi connectivity index (χ0n) is 12.8. The van der Waals surface area contributed by atoms with E-state index in [1.54, 1.807) is 25.6 Å². The van der Waals surface area contributed by atoms with E-state index in [0.29, 0.717) is 18.0 Å². The molecule has 1 aromatic carbocycles. The number of amides is 1. The minimum atomic E-state index is -0.161. The molecule has 0 atom stereocenters. The van der Waals surface area contributed by atoms with Gasteiger partial charge in [-0.2, -0.15) is 0 Å². The summed E-state index contributed by atoms with van der Waals surface area (Å²) >= 11 is 0. The van der Waals surface area contributed by atoms with Gasteiger partial charge in [-0.1, -0.05) is 12.1 Å². The summed E-state index contributed by atoms with van der Waals surface area (Å²) in [5, 5.41) is 2.82. The quantitative estimate of drug-likeness (QED) is 0.864. The molecule has 1 aliphatic rings. The third-order valence-corrected chi connectivity index (χ3v) is 3.56. The van der Waals surface area contributed by atoms with Crippen LogP contribution in [0.1, 0.15) is 17.5 Å². The van der Waals surface area contributed by atoms with Crippen molar-refractivity contribution in [2.45, 2.75) is 12.8 Å². The fourth-order valence-corrected chi connectivity index (χ4v) is 2.31. The van der Waals surface area contributed by atoms with Gasteiger partial charge in [0.25, 0.3) is 5.91 Å². The Bertz CT molecular complexity index is 750. The minimum Gasteiger partial charge on any atom is -0.497 e. The van der Waals surface area contributed by atoms with Crippen molar-refractivity contribution in [3.8, 4) is 5.75 Å².